The van der Waals surface area contributed by atoms with E-state index in [2.05, 4.69) is 76.2 Å². The third-order valence-corrected chi connectivity index (χ3v) is 7.59. The van der Waals surface area contributed by atoms with Gasteiger partial charge in [-0.25, -0.2) is 0 Å². The van der Waals surface area contributed by atoms with Crippen LogP contribution >= 0.6 is 0 Å². The van der Waals surface area contributed by atoms with Crippen molar-refractivity contribution in [3.63, 3.8) is 0 Å². The molecule has 0 aliphatic carbocycles. The van der Waals surface area contributed by atoms with E-state index < -0.39 is 0 Å². The van der Waals surface area contributed by atoms with Crippen molar-refractivity contribution in [3.8, 4) is 0 Å². The zero-order chi connectivity index (χ0) is 29.0. The van der Waals surface area contributed by atoms with Crippen LogP contribution in [0.15, 0.2) is 0 Å². The van der Waals surface area contributed by atoms with Gasteiger partial charge in [-0.2, -0.15) is 0 Å². The van der Waals surface area contributed by atoms with Gasteiger partial charge in [0, 0.05) is 0 Å². The van der Waals surface area contributed by atoms with E-state index in [1.807, 2.05) is 0 Å². The lowest BCUT2D eigenvalue weighted by atomic mass is 9.98. The average molecular weight is 527 g/mol. The summed E-state index contributed by atoms with van der Waals surface area (Å²) in [7, 11) is 0. The SMILES string of the molecule is CCC(C)CCCC(C)C.CCCCC(C)CC.CCCCCCCCC.CCCCCCCCCC. The fourth-order valence-electron chi connectivity index (χ4n) is 4.07. The van der Waals surface area contributed by atoms with E-state index >= 15 is 0 Å². The van der Waals surface area contributed by atoms with Gasteiger partial charge in [0.2, 0.25) is 0 Å². The standard InChI is InChI=1S/2C10H22.C9H20.C8H18/c1-5-10(4)8-6-7-9(2)3;1-3-5-7-9-10-8-6-4-2;1-3-5-7-9-8-6-4-2;1-4-6-7-8(3)5-2/h9-10H,5-8H2,1-4H3;3-10H2,1-2H3;3-9H2,1-2H3;8H,4-7H2,1-3H3. The molecule has 0 bridgehead atoms. The molecule has 230 valence electrons. The molecule has 37 heavy (non-hydrogen) atoms. The summed E-state index contributed by atoms with van der Waals surface area (Å²) in [5.74, 6) is 2.79. The Kier molecular flexibility index (Phi) is 51.3. The highest BCUT2D eigenvalue weighted by Gasteiger charge is 1.99. The van der Waals surface area contributed by atoms with Gasteiger partial charge in [0.15, 0.2) is 0 Å². The van der Waals surface area contributed by atoms with Gasteiger partial charge in [0.05, 0.1) is 0 Å². The summed E-state index contributed by atoms with van der Waals surface area (Å²) in [5.41, 5.74) is 0. The largest absolute Gasteiger partial charge is 0.0654 e. The second kappa shape index (κ2) is 43.1. The first kappa shape index (κ1) is 44.0. The molecule has 0 aliphatic rings. The van der Waals surface area contributed by atoms with Crippen LogP contribution in [0, 0.1) is 17.8 Å². The quantitative estimate of drug-likeness (QED) is 0.123. The summed E-state index contributed by atoms with van der Waals surface area (Å²) in [4.78, 5) is 0. The molecule has 0 N–H and O–H groups in total. The second-order valence-electron chi connectivity index (χ2n) is 12.4. The minimum Gasteiger partial charge on any atom is -0.0654 e. The zero-order valence-electron chi connectivity index (χ0n) is 29.0. The lowest BCUT2D eigenvalue weighted by Crippen LogP contribution is -1.94. The molecule has 0 nitrogen and oxygen atoms in total. The Hall–Kier alpha value is 0. The molecule has 0 spiro atoms. The maximum Gasteiger partial charge on any atom is -0.0445 e. The van der Waals surface area contributed by atoms with Crippen molar-refractivity contribution in [2.75, 3.05) is 0 Å². The maximum absolute atomic E-state index is 2.35. The summed E-state index contributed by atoms with van der Waals surface area (Å²) in [6.45, 7) is 25.1. The molecule has 0 rings (SSSR count). The van der Waals surface area contributed by atoms with E-state index in [-0.39, 0.29) is 0 Å². The normalized spacial score (nSPS) is 12.0. The van der Waals surface area contributed by atoms with Crippen molar-refractivity contribution in [1.29, 1.82) is 0 Å². The van der Waals surface area contributed by atoms with Gasteiger partial charge in [-0.3, -0.25) is 0 Å². The molecule has 0 aromatic heterocycles. The summed E-state index contributed by atoms with van der Waals surface area (Å²) >= 11 is 0. The number of rotatable bonds is 22. The number of hydrogen-bond acceptors (Lipinski definition) is 0. The summed E-state index contributed by atoms with van der Waals surface area (Å²) in [5, 5.41) is 0. The highest BCUT2D eigenvalue weighted by atomic mass is 14.1. The van der Waals surface area contributed by atoms with E-state index in [1.165, 1.54) is 148 Å². The molecule has 0 heteroatoms. The van der Waals surface area contributed by atoms with Crippen molar-refractivity contribution in [3.05, 3.63) is 0 Å². The number of hydrogen-bond donors (Lipinski definition) is 0. The van der Waals surface area contributed by atoms with Gasteiger partial charge in [-0.05, 0) is 17.8 Å². The third kappa shape index (κ3) is 57.1. The lowest BCUT2D eigenvalue weighted by molar-refractivity contribution is 0.449. The molecule has 0 amide bonds. The molecule has 0 saturated heterocycles. The molecule has 0 heterocycles. The highest BCUT2D eigenvalue weighted by molar-refractivity contribution is 4.52. The van der Waals surface area contributed by atoms with Gasteiger partial charge in [0.1, 0.15) is 0 Å². The first-order chi connectivity index (χ1) is 17.8. The molecule has 0 aromatic rings. The fourth-order valence-corrected chi connectivity index (χ4v) is 4.07. The van der Waals surface area contributed by atoms with Crippen LogP contribution in [0.25, 0.3) is 0 Å². The molecule has 0 radical (unpaired) electrons. The van der Waals surface area contributed by atoms with E-state index in [0.717, 1.165) is 17.8 Å². The predicted octanol–water partition coefficient (Wildman–Crippen LogP) is 15.0. The Morgan fingerprint density at radius 2 is 0.568 bits per heavy atom. The topological polar surface area (TPSA) is 0 Å². The van der Waals surface area contributed by atoms with E-state index in [4.69, 9.17) is 0 Å². The molecule has 0 fully saturated rings. The first-order valence-electron chi connectivity index (χ1n) is 17.8. The predicted molar refractivity (Wildman–Crippen MR) is 179 cm³/mol. The molecule has 2 atom stereocenters. The van der Waals surface area contributed by atoms with Gasteiger partial charge in [0.25, 0.3) is 0 Å². The summed E-state index contributed by atoms with van der Waals surface area (Å²) < 4.78 is 0. The van der Waals surface area contributed by atoms with Crippen molar-refractivity contribution in [2.24, 2.45) is 17.8 Å². The molecule has 0 saturated carbocycles. The number of unbranched alkanes of at least 4 members (excludes halogenated alkanes) is 14. The van der Waals surface area contributed by atoms with Crippen LogP contribution in [0.1, 0.15) is 224 Å². The molecular formula is C37H82. The van der Waals surface area contributed by atoms with Crippen molar-refractivity contribution >= 4 is 0 Å². The van der Waals surface area contributed by atoms with Crippen LogP contribution in [0.3, 0.4) is 0 Å². The summed E-state index contributed by atoms with van der Waals surface area (Å²) in [6, 6.07) is 0. The third-order valence-electron chi connectivity index (χ3n) is 7.59. The minimum absolute atomic E-state index is 0.893. The Bertz CT molecular complexity index is 304. The van der Waals surface area contributed by atoms with E-state index in [1.54, 1.807) is 0 Å². The Morgan fingerprint density at radius 1 is 0.297 bits per heavy atom. The van der Waals surface area contributed by atoms with Crippen molar-refractivity contribution < 1.29 is 0 Å². The van der Waals surface area contributed by atoms with Crippen LogP contribution in [-0.4, -0.2) is 0 Å². The van der Waals surface area contributed by atoms with Gasteiger partial charge in [-0.1, -0.05) is 224 Å². The minimum atomic E-state index is 0.893. The zero-order valence-corrected chi connectivity index (χ0v) is 29.0. The fraction of sp³-hybridized carbons (Fsp3) is 1.00. The average Bonchev–Trinajstić information content (AvgIpc) is 2.90. The van der Waals surface area contributed by atoms with Crippen LogP contribution in [0.4, 0.5) is 0 Å². The molecular weight excluding hydrogens is 444 g/mol. The maximum atomic E-state index is 2.35. The smallest absolute Gasteiger partial charge is 0.0445 e. The van der Waals surface area contributed by atoms with Crippen molar-refractivity contribution in [2.45, 2.75) is 224 Å². The van der Waals surface area contributed by atoms with Crippen LogP contribution in [0.2, 0.25) is 0 Å². The monoisotopic (exact) mass is 527 g/mol. The van der Waals surface area contributed by atoms with Crippen LogP contribution < -0.4 is 0 Å². The Labute approximate surface area is 241 Å². The summed E-state index contributed by atoms with van der Waals surface area (Å²) in [6.07, 6.45) is 32.6. The molecule has 0 aromatic carbocycles. The molecule has 2 unspecified atom stereocenters. The Morgan fingerprint density at radius 3 is 0.811 bits per heavy atom. The Balaban J connectivity index is -0.000000197. The van der Waals surface area contributed by atoms with Crippen LogP contribution in [0.5, 0.6) is 0 Å². The first-order valence-corrected chi connectivity index (χ1v) is 17.8. The second-order valence-corrected chi connectivity index (χ2v) is 12.4. The van der Waals surface area contributed by atoms with Gasteiger partial charge >= 0.3 is 0 Å². The van der Waals surface area contributed by atoms with Gasteiger partial charge in [-0.15, -0.1) is 0 Å². The van der Waals surface area contributed by atoms with Crippen LogP contribution in [-0.2, 0) is 0 Å². The lowest BCUT2D eigenvalue weighted by Gasteiger charge is -2.08. The van der Waals surface area contributed by atoms with E-state index in [0.29, 0.717) is 0 Å². The van der Waals surface area contributed by atoms with Gasteiger partial charge < -0.3 is 0 Å². The molecule has 0 aliphatic heterocycles. The van der Waals surface area contributed by atoms with E-state index in [9.17, 15) is 0 Å². The van der Waals surface area contributed by atoms with Crippen molar-refractivity contribution in [1.82, 2.24) is 0 Å². The highest BCUT2D eigenvalue weighted by Crippen LogP contribution is 2.14.